The molecule has 0 atom stereocenters. The zero-order chi connectivity index (χ0) is 14.8. The average molecular weight is 292 g/mol. The molecule has 0 bridgehead atoms. The van der Waals surface area contributed by atoms with Gasteiger partial charge in [0.25, 0.3) is 15.7 Å². The van der Waals surface area contributed by atoms with Gasteiger partial charge in [0.05, 0.1) is 15.5 Å². The zero-order valence-electron chi connectivity index (χ0n) is 10.6. The number of anilines is 1. The third kappa shape index (κ3) is 3.12. The van der Waals surface area contributed by atoms with Crippen LogP contribution < -0.4 is 4.72 Å². The molecular weight excluding hydrogens is 280 g/mol. The van der Waals surface area contributed by atoms with Crippen molar-refractivity contribution in [3.05, 3.63) is 64.2 Å². The minimum atomic E-state index is -3.75. The SMILES string of the molecule is Cc1ccc(S(=O)(=O)Nc2cccc([N+](=O)[O-])c2)cc1. The first-order valence-corrected chi connectivity index (χ1v) is 7.21. The molecule has 7 heteroatoms. The summed E-state index contributed by atoms with van der Waals surface area (Å²) in [4.78, 5) is 10.2. The van der Waals surface area contributed by atoms with Gasteiger partial charge in [0.2, 0.25) is 0 Å². The molecule has 0 saturated carbocycles. The minimum absolute atomic E-state index is 0.106. The van der Waals surface area contributed by atoms with E-state index in [1.165, 1.54) is 36.4 Å². The van der Waals surface area contributed by atoms with Gasteiger partial charge >= 0.3 is 0 Å². The highest BCUT2D eigenvalue weighted by atomic mass is 32.2. The third-order valence-electron chi connectivity index (χ3n) is 2.64. The molecule has 0 saturated heterocycles. The first kappa shape index (κ1) is 14.0. The Bertz CT molecular complexity index is 739. The first-order chi connectivity index (χ1) is 9.38. The topological polar surface area (TPSA) is 89.3 Å². The molecule has 104 valence electrons. The maximum atomic E-state index is 12.1. The number of nitrogens with zero attached hydrogens (tertiary/aromatic N) is 1. The van der Waals surface area contributed by atoms with Crippen LogP contribution in [0.5, 0.6) is 0 Å². The van der Waals surface area contributed by atoms with Crippen molar-refractivity contribution in [2.24, 2.45) is 0 Å². The van der Waals surface area contributed by atoms with Gasteiger partial charge in [-0.1, -0.05) is 23.8 Å². The number of rotatable bonds is 4. The average Bonchev–Trinajstić information content (AvgIpc) is 2.39. The fourth-order valence-corrected chi connectivity index (χ4v) is 2.66. The summed E-state index contributed by atoms with van der Waals surface area (Å²) < 4.78 is 26.5. The van der Waals surface area contributed by atoms with Crippen LogP contribution in [-0.2, 0) is 10.0 Å². The molecule has 0 radical (unpaired) electrons. The molecule has 0 aromatic heterocycles. The summed E-state index contributed by atoms with van der Waals surface area (Å²) in [6, 6.07) is 11.7. The molecule has 2 rings (SSSR count). The van der Waals surface area contributed by atoms with Crippen LogP contribution >= 0.6 is 0 Å². The van der Waals surface area contributed by atoms with Gasteiger partial charge in [0.1, 0.15) is 0 Å². The third-order valence-corrected chi connectivity index (χ3v) is 4.04. The van der Waals surface area contributed by atoms with E-state index in [1.54, 1.807) is 12.1 Å². The predicted molar refractivity (Wildman–Crippen MR) is 75.1 cm³/mol. The number of nitro groups is 1. The van der Waals surface area contributed by atoms with E-state index in [-0.39, 0.29) is 16.3 Å². The van der Waals surface area contributed by atoms with Gasteiger partial charge in [0.15, 0.2) is 0 Å². The number of non-ortho nitro benzene ring substituents is 1. The highest BCUT2D eigenvalue weighted by molar-refractivity contribution is 7.92. The molecule has 0 heterocycles. The lowest BCUT2D eigenvalue weighted by atomic mass is 10.2. The van der Waals surface area contributed by atoms with Gasteiger partial charge < -0.3 is 0 Å². The lowest BCUT2D eigenvalue weighted by Crippen LogP contribution is -2.12. The molecular formula is C13H12N2O4S. The van der Waals surface area contributed by atoms with Crippen LogP contribution in [-0.4, -0.2) is 13.3 Å². The van der Waals surface area contributed by atoms with Crippen LogP contribution in [0.3, 0.4) is 0 Å². The second kappa shape index (κ2) is 5.30. The Balaban J connectivity index is 2.31. The Morgan fingerprint density at radius 3 is 2.35 bits per heavy atom. The lowest BCUT2D eigenvalue weighted by molar-refractivity contribution is -0.384. The Hall–Kier alpha value is -2.41. The fourth-order valence-electron chi connectivity index (χ4n) is 1.61. The summed E-state index contributed by atoms with van der Waals surface area (Å²) >= 11 is 0. The number of nitro benzene ring substituents is 1. The van der Waals surface area contributed by atoms with E-state index in [9.17, 15) is 18.5 Å². The summed E-state index contributed by atoms with van der Waals surface area (Å²) in [6.07, 6.45) is 0. The smallest absolute Gasteiger partial charge is 0.271 e. The van der Waals surface area contributed by atoms with E-state index in [0.29, 0.717) is 0 Å². The molecule has 0 fully saturated rings. The predicted octanol–water partition coefficient (Wildman–Crippen LogP) is 2.70. The van der Waals surface area contributed by atoms with Crippen LogP contribution in [0.25, 0.3) is 0 Å². The van der Waals surface area contributed by atoms with Gasteiger partial charge in [-0.2, -0.15) is 0 Å². The van der Waals surface area contributed by atoms with E-state index in [2.05, 4.69) is 4.72 Å². The van der Waals surface area contributed by atoms with Crippen molar-refractivity contribution in [3.63, 3.8) is 0 Å². The highest BCUT2D eigenvalue weighted by Crippen LogP contribution is 2.20. The normalized spacial score (nSPS) is 11.1. The van der Waals surface area contributed by atoms with E-state index >= 15 is 0 Å². The summed E-state index contributed by atoms with van der Waals surface area (Å²) in [5.74, 6) is 0. The van der Waals surface area contributed by atoms with Crippen molar-refractivity contribution < 1.29 is 13.3 Å². The van der Waals surface area contributed by atoms with Crippen molar-refractivity contribution in [1.82, 2.24) is 0 Å². The lowest BCUT2D eigenvalue weighted by Gasteiger charge is -2.08. The summed E-state index contributed by atoms with van der Waals surface area (Å²) in [7, 11) is -3.75. The van der Waals surface area contributed by atoms with E-state index in [0.717, 1.165) is 5.56 Å². The molecule has 0 spiro atoms. The molecule has 0 aliphatic heterocycles. The number of hydrogen-bond donors (Lipinski definition) is 1. The van der Waals surface area contributed by atoms with Gasteiger partial charge in [-0.3, -0.25) is 14.8 Å². The molecule has 0 amide bonds. The van der Waals surface area contributed by atoms with E-state index in [4.69, 9.17) is 0 Å². The van der Waals surface area contributed by atoms with Crippen LogP contribution in [0.4, 0.5) is 11.4 Å². The quantitative estimate of drug-likeness (QED) is 0.693. The van der Waals surface area contributed by atoms with Crippen molar-refractivity contribution in [2.75, 3.05) is 4.72 Å². The fraction of sp³-hybridized carbons (Fsp3) is 0.0769. The monoisotopic (exact) mass is 292 g/mol. The van der Waals surface area contributed by atoms with Crippen molar-refractivity contribution in [3.8, 4) is 0 Å². The van der Waals surface area contributed by atoms with Crippen molar-refractivity contribution in [1.29, 1.82) is 0 Å². The van der Waals surface area contributed by atoms with Gasteiger partial charge in [-0.15, -0.1) is 0 Å². The van der Waals surface area contributed by atoms with E-state index < -0.39 is 14.9 Å². The minimum Gasteiger partial charge on any atom is -0.279 e. The number of sulfonamides is 1. The molecule has 6 nitrogen and oxygen atoms in total. The second-order valence-electron chi connectivity index (χ2n) is 4.23. The molecule has 2 aromatic carbocycles. The Labute approximate surface area is 116 Å². The molecule has 0 aliphatic rings. The van der Waals surface area contributed by atoms with Crippen molar-refractivity contribution in [2.45, 2.75) is 11.8 Å². The molecule has 0 aliphatic carbocycles. The van der Waals surface area contributed by atoms with Crippen LogP contribution in [0, 0.1) is 17.0 Å². The number of hydrogen-bond acceptors (Lipinski definition) is 4. The molecule has 1 N–H and O–H groups in total. The Morgan fingerprint density at radius 1 is 1.10 bits per heavy atom. The molecule has 20 heavy (non-hydrogen) atoms. The van der Waals surface area contributed by atoms with Gasteiger partial charge in [-0.25, -0.2) is 8.42 Å². The van der Waals surface area contributed by atoms with Gasteiger partial charge in [0, 0.05) is 12.1 Å². The molecule has 0 unspecified atom stereocenters. The largest absolute Gasteiger partial charge is 0.279 e. The summed E-state index contributed by atoms with van der Waals surface area (Å²) in [5, 5.41) is 10.7. The van der Waals surface area contributed by atoms with Gasteiger partial charge in [-0.05, 0) is 25.1 Å². The summed E-state index contributed by atoms with van der Waals surface area (Å²) in [6.45, 7) is 1.85. The number of nitrogens with one attached hydrogen (secondary N) is 1. The number of benzene rings is 2. The standard InChI is InChI=1S/C13H12N2O4S/c1-10-5-7-13(8-6-10)20(18,19)14-11-3-2-4-12(9-11)15(16)17/h2-9,14H,1H3. The second-order valence-corrected chi connectivity index (χ2v) is 5.91. The van der Waals surface area contributed by atoms with Crippen LogP contribution in [0.1, 0.15) is 5.56 Å². The first-order valence-electron chi connectivity index (χ1n) is 5.72. The number of aryl methyl sites for hydroxylation is 1. The maximum Gasteiger partial charge on any atom is 0.271 e. The zero-order valence-corrected chi connectivity index (χ0v) is 11.4. The molecule has 2 aromatic rings. The van der Waals surface area contributed by atoms with Crippen LogP contribution in [0.2, 0.25) is 0 Å². The Kier molecular flexibility index (Phi) is 3.71. The highest BCUT2D eigenvalue weighted by Gasteiger charge is 2.15. The van der Waals surface area contributed by atoms with Crippen LogP contribution in [0.15, 0.2) is 53.4 Å². The van der Waals surface area contributed by atoms with E-state index in [1.807, 2.05) is 6.92 Å². The Morgan fingerprint density at radius 2 is 1.75 bits per heavy atom. The summed E-state index contributed by atoms with van der Waals surface area (Å²) in [5.41, 5.74) is 0.924. The van der Waals surface area contributed by atoms with Crippen molar-refractivity contribution >= 4 is 21.4 Å². The maximum absolute atomic E-state index is 12.1.